The number of rotatable bonds is 3. The Morgan fingerprint density at radius 3 is 2.69 bits per heavy atom. The summed E-state index contributed by atoms with van der Waals surface area (Å²) in [5.74, 6) is 0. The number of nitrogens with zero attached hydrogens (tertiary/aromatic N) is 1. The van der Waals surface area contributed by atoms with Crippen molar-refractivity contribution < 1.29 is 4.84 Å². The molecule has 0 atom stereocenters. The highest BCUT2D eigenvalue weighted by Crippen LogP contribution is 2.20. The molecule has 0 bridgehead atoms. The molecule has 2 rings (SSSR count). The van der Waals surface area contributed by atoms with Crippen molar-refractivity contribution >= 4 is 6.21 Å². The first-order valence-electron chi connectivity index (χ1n) is 6.04. The molecule has 1 saturated carbocycles. The second-order valence-electron chi connectivity index (χ2n) is 4.38. The fourth-order valence-electron chi connectivity index (χ4n) is 2.02. The molecular formula is C14H18NO. The van der Waals surface area contributed by atoms with Crippen molar-refractivity contribution in [3.63, 3.8) is 0 Å². The van der Waals surface area contributed by atoms with Crippen molar-refractivity contribution in [1.29, 1.82) is 0 Å². The Morgan fingerprint density at radius 2 is 1.94 bits per heavy atom. The zero-order chi connectivity index (χ0) is 11.2. The van der Waals surface area contributed by atoms with Crippen LogP contribution in [0.15, 0.2) is 29.4 Å². The largest absolute Gasteiger partial charge is 0.392 e. The van der Waals surface area contributed by atoms with Crippen LogP contribution in [0.1, 0.15) is 43.2 Å². The van der Waals surface area contributed by atoms with E-state index in [9.17, 15) is 0 Å². The maximum atomic E-state index is 5.46. The molecule has 0 spiro atoms. The van der Waals surface area contributed by atoms with Gasteiger partial charge in [0.15, 0.2) is 0 Å². The molecule has 1 radical (unpaired) electrons. The van der Waals surface area contributed by atoms with Gasteiger partial charge in [-0.3, -0.25) is 0 Å². The van der Waals surface area contributed by atoms with E-state index in [1.54, 1.807) is 0 Å². The molecule has 0 heterocycles. The summed E-state index contributed by atoms with van der Waals surface area (Å²) < 4.78 is 0. The maximum Gasteiger partial charge on any atom is 0.139 e. The normalized spacial score (nSPS) is 17.8. The fraction of sp³-hybridized carbons (Fsp3) is 0.500. The molecule has 0 aromatic heterocycles. The van der Waals surface area contributed by atoms with Gasteiger partial charge in [0.2, 0.25) is 0 Å². The molecule has 2 heteroatoms. The molecule has 1 aliphatic rings. The summed E-state index contributed by atoms with van der Waals surface area (Å²) in [5, 5.41) is 3.98. The first-order valence-corrected chi connectivity index (χ1v) is 6.04. The molecule has 0 N–H and O–H groups in total. The Labute approximate surface area is 97.3 Å². The van der Waals surface area contributed by atoms with Gasteiger partial charge in [-0.05, 0) is 38.2 Å². The van der Waals surface area contributed by atoms with Crippen LogP contribution in [0.2, 0.25) is 0 Å². The van der Waals surface area contributed by atoms with E-state index < -0.39 is 0 Å². The molecule has 1 aromatic carbocycles. The van der Waals surface area contributed by atoms with Crippen molar-refractivity contribution in [3.05, 3.63) is 35.4 Å². The molecule has 1 aliphatic carbocycles. The van der Waals surface area contributed by atoms with Gasteiger partial charge >= 0.3 is 0 Å². The Bertz CT molecular complexity index is 354. The van der Waals surface area contributed by atoms with Crippen LogP contribution in [0.3, 0.4) is 0 Å². The molecule has 0 aliphatic heterocycles. The minimum absolute atomic E-state index is 0.310. The molecule has 0 unspecified atom stereocenters. The Balaban J connectivity index is 1.87. The SMILES string of the molecule is Cc1ccccc1/[C]=N/OC1CCCCC1. The summed E-state index contributed by atoms with van der Waals surface area (Å²) in [4.78, 5) is 5.46. The summed E-state index contributed by atoms with van der Waals surface area (Å²) in [6, 6.07) is 8.06. The van der Waals surface area contributed by atoms with Gasteiger partial charge in [0.1, 0.15) is 12.3 Å². The van der Waals surface area contributed by atoms with Gasteiger partial charge in [-0.15, -0.1) is 0 Å². The minimum Gasteiger partial charge on any atom is -0.392 e. The van der Waals surface area contributed by atoms with Crippen molar-refractivity contribution in [3.8, 4) is 0 Å². The molecule has 1 aromatic rings. The highest BCUT2D eigenvalue weighted by atomic mass is 16.6. The van der Waals surface area contributed by atoms with Crippen LogP contribution in [-0.2, 0) is 4.84 Å². The van der Waals surface area contributed by atoms with Crippen LogP contribution in [0, 0.1) is 6.92 Å². The van der Waals surface area contributed by atoms with Gasteiger partial charge < -0.3 is 4.84 Å². The molecule has 1 fully saturated rings. The standard InChI is InChI=1S/C14H18NO/c1-12-7-5-6-8-13(12)11-15-16-14-9-3-2-4-10-14/h5-8,14H,2-4,9-10H2,1H3. The molecule has 0 amide bonds. The second kappa shape index (κ2) is 5.69. The van der Waals surface area contributed by atoms with Crippen LogP contribution in [-0.4, -0.2) is 12.3 Å². The van der Waals surface area contributed by atoms with E-state index >= 15 is 0 Å². The van der Waals surface area contributed by atoms with Crippen LogP contribution in [0.25, 0.3) is 0 Å². The first kappa shape index (κ1) is 11.2. The summed E-state index contributed by atoms with van der Waals surface area (Å²) >= 11 is 0. The van der Waals surface area contributed by atoms with Gasteiger partial charge in [0.25, 0.3) is 0 Å². The van der Waals surface area contributed by atoms with E-state index in [2.05, 4.69) is 24.4 Å². The Hall–Kier alpha value is -1.31. The van der Waals surface area contributed by atoms with Gasteiger partial charge in [0.05, 0.1) is 0 Å². The second-order valence-corrected chi connectivity index (χ2v) is 4.38. The summed E-state index contributed by atoms with van der Waals surface area (Å²) in [6.07, 6.45) is 9.42. The lowest BCUT2D eigenvalue weighted by Crippen LogP contribution is -2.13. The lowest BCUT2D eigenvalue weighted by molar-refractivity contribution is 0.0340. The number of benzene rings is 1. The van der Waals surface area contributed by atoms with Crippen LogP contribution >= 0.6 is 0 Å². The van der Waals surface area contributed by atoms with Gasteiger partial charge in [-0.1, -0.05) is 35.8 Å². The van der Waals surface area contributed by atoms with E-state index in [0.29, 0.717) is 6.10 Å². The third-order valence-corrected chi connectivity index (χ3v) is 3.07. The molecule has 16 heavy (non-hydrogen) atoms. The quantitative estimate of drug-likeness (QED) is 0.559. The minimum atomic E-state index is 0.310. The summed E-state index contributed by atoms with van der Waals surface area (Å²) in [7, 11) is 0. The van der Waals surface area contributed by atoms with Crippen molar-refractivity contribution in [2.75, 3.05) is 0 Å². The van der Waals surface area contributed by atoms with Crippen LogP contribution in [0.4, 0.5) is 0 Å². The van der Waals surface area contributed by atoms with Crippen molar-refractivity contribution in [1.82, 2.24) is 0 Å². The van der Waals surface area contributed by atoms with Gasteiger partial charge in [-0.2, -0.15) is 0 Å². The van der Waals surface area contributed by atoms with E-state index in [-0.39, 0.29) is 0 Å². The summed E-state index contributed by atoms with van der Waals surface area (Å²) in [5.41, 5.74) is 2.19. The average Bonchev–Trinajstić information content (AvgIpc) is 2.33. The third-order valence-electron chi connectivity index (χ3n) is 3.07. The molecule has 0 saturated heterocycles. The van der Waals surface area contributed by atoms with Crippen molar-refractivity contribution in [2.24, 2.45) is 5.16 Å². The fourth-order valence-corrected chi connectivity index (χ4v) is 2.02. The van der Waals surface area contributed by atoms with Gasteiger partial charge in [-0.25, -0.2) is 0 Å². The summed E-state index contributed by atoms with van der Waals surface area (Å²) in [6.45, 7) is 2.05. The maximum absolute atomic E-state index is 5.46. The Morgan fingerprint density at radius 1 is 1.19 bits per heavy atom. The van der Waals surface area contributed by atoms with E-state index in [1.165, 1.54) is 24.8 Å². The average molecular weight is 216 g/mol. The lowest BCUT2D eigenvalue weighted by Gasteiger charge is -2.18. The number of hydrogen-bond acceptors (Lipinski definition) is 2. The molecular weight excluding hydrogens is 198 g/mol. The zero-order valence-electron chi connectivity index (χ0n) is 9.78. The molecule has 2 nitrogen and oxygen atoms in total. The third kappa shape index (κ3) is 3.09. The number of aryl methyl sites for hydroxylation is 1. The predicted molar refractivity (Wildman–Crippen MR) is 65.7 cm³/mol. The van der Waals surface area contributed by atoms with E-state index in [1.807, 2.05) is 18.2 Å². The monoisotopic (exact) mass is 216 g/mol. The van der Waals surface area contributed by atoms with Crippen molar-refractivity contribution in [2.45, 2.75) is 45.1 Å². The first-order chi connectivity index (χ1) is 7.86. The highest BCUT2D eigenvalue weighted by molar-refractivity contribution is 5.81. The zero-order valence-corrected chi connectivity index (χ0v) is 9.78. The smallest absolute Gasteiger partial charge is 0.139 e. The highest BCUT2D eigenvalue weighted by Gasteiger charge is 2.13. The lowest BCUT2D eigenvalue weighted by atomic mass is 9.98. The number of hydrogen-bond donors (Lipinski definition) is 0. The van der Waals surface area contributed by atoms with E-state index in [0.717, 1.165) is 18.4 Å². The predicted octanol–water partition coefficient (Wildman–Crippen LogP) is 3.56. The van der Waals surface area contributed by atoms with Gasteiger partial charge in [0, 0.05) is 5.56 Å². The Kier molecular flexibility index (Phi) is 3.97. The van der Waals surface area contributed by atoms with E-state index in [4.69, 9.17) is 4.84 Å². The molecule has 85 valence electrons. The van der Waals surface area contributed by atoms with Crippen LogP contribution < -0.4 is 0 Å². The topological polar surface area (TPSA) is 21.6 Å². The van der Waals surface area contributed by atoms with Crippen LogP contribution in [0.5, 0.6) is 0 Å².